The van der Waals surface area contributed by atoms with E-state index in [1.54, 1.807) is 0 Å². The molecule has 1 aliphatic rings. The van der Waals surface area contributed by atoms with Gasteiger partial charge in [-0.1, -0.05) is 35.5 Å². The first-order valence-electron chi connectivity index (χ1n) is 5.46. The Balaban J connectivity index is 1.94. The summed E-state index contributed by atoms with van der Waals surface area (Å²) < 4.78 is 5.24. The fourth-order valence-electron chi connectivity index (χ4n) is 1.90. The minimum atomic E-state index is -0.375. The second-order valence-electron chi connectivity index (χ2n) is 4.30. The van der Waals surface area contributed by atoms with Gasteiger partial charge in [-0.3, -0.25) is 0 Å². The molecule has 3 rings (SSSR count). The van der Waals surface area contributed by atoms with Crippen molar-refractivity contribution < 1.29 is 4.52 Å². The Morgan fingerprint density at radius 1 is 1.19 bits per heavy atom. The van der Waals surface area contributed by atoms with Crippen molar-refractivity contribution in [1.29, 1.82) is 0 Å². The highest BCUT2D eigenvalue weighted by molar-refractivity contribution is 5.53. The van der Waals surface area contributed by atoms with Crippen LogP contribution in [0.5, 0.6) is 0 Å². The van der Waals surface area contributed by atoms with E-state index in [1.165, 1.54) is 0 Å². The van der Waals surface area contributed by atoms with E-state index in [0.717, 1.165) is 24.8 Å². The zero-order valence-electron chi connectivity index (χ0n) is 8.89. The van der Waals surface area contributed by atoms with Gasteiger partial charge in [0.1, 0.15) is 0 Å². The van der Waals surface area contributed by atoms with Gasteiger partial charge in [0.2, 0.25) is 11.7 Å². The lowest BCUT2D eigenvalue weighted by atomic mass is 9.78. The van der Waals surface area contributed by atoms with Crippen LogP contribution >= 0.6 is 0 Å². The zero-order valence-corrected chi connectivity index (χ0v) is 8.89. The first-order valence-corrected chi connectivity index (χ1v) is 5.46. The molecule has 0 aliphatic heterocycles. The van der Waals surface area contributed by atoms with Gasteiger partial charge in [-0.05, 0) is 19.3 Å². The summed E-state index contributed by atoms with van der Waals surface area (Å²) in [4.78, 5) is 4.37. The van der Waals surface area contributed by atoms with Gasteiger partial charge in [0.25, 0.3) is 0 Å². The molecule has 1 aromatic carbocycles. The van der Waals surface area contributed by atoms with Crippen molar-refractivity contribution in [3.63, 3.8) is 0 Å². The number of hydrogen-bond donors (Lipinski definition) is 1. The van der Waals surface area contributed by atoms with Gasteiger partial charge in [-0.25, -0.2) is 0 Å². The van der Waals surface area contributed by atoms with Gasteiger partial charge in [-0.2, -0.15) is 4.98 Å². The highest BCUT2D eigenvalue weighted by atomic mass is 16.5. The normalized spacial score (nSPS) is 18.1. The number of nitrogens with two attached hydrogens (primary N) is 1. The maximum absolute atomic E-state index is 6.12. The van der Waals surface area contributed by atoms with Crippen molar-refractivity contribution in [2.24, 2.45) is 5.73 Å². The van der Waals surface area contributed by atoms with Gasteiger partial charge in [0, 0.05) is 5.56 Å². The molecule has 16 heavy (non-hydrogen) atoms. The molecular weight excluding hydrogens is 202 g/mol. The van der Waals surface area contributed by atoms with Crippen LogP contribution in [0, 0.1) is 0 Å². The van der Waals surface area contributed by atoms with Crippen LogP contribution in [-0.4, -0.2) is 10.1 Å². The average molecular weight is 215 g/mol. The quantitative estimate of drug-likeness (QED) is 0.832. The van der Waals surface area contributed by atoms with Crippen LogP contribution in [0.15, 0.2) is 34.9 Å². The van der Waals surface area contributed by atoms with E-state index in [1.807, 2.05) is 30.3 Å². The monoisotopic (exact) mass is 215 g/mol. The van der Waals surface area contributed by atoms with E-state index in [4.69, 9.17) is 10.3 Å². The summed E-state index contributed by atoms with van der Waals surface area (Å²) in [5.74, 6) is 1.19. The Bertz CT molecular complexity index is 488. The molecule has 0 unspecified atom stereocenters. The lowest BCUT2D eigenvalue weighted by Crippen LogP contribution is -2.43. The van der Waals surface area contributed by atoms with E-state index in [9.17, 15) is 0 Å². The lowest BCUT2D eigenvalue weighted by molar-refractivity contribution is 0.181. The molecule has 1 aromatic heterocycles. The molecule has 0 spiro atoms. The number of aromatic nitrogens is 2. The van der Waals surface area contributed by atoms with Crippen molar-refractivity contribution in [3.05, 3.63) is 36.2 Å². The number of rotatable bonds is 2. The second-order valence-corrected chi connectivity index (χ2v) is 4.30. The standard InChI is InChI=1S/C12H13N3O/c13-12(7-4-8-12)11-14-10(15-16-11)9-5-2-1-3-6-9/h1-3,5-6H,4,7-8,13H2. The number of benzene rings is 1. The molecule has 82 valence electrons. The molecule has 1 heterocycles. The van der Waals surface area contributed by atoms with Crippen molar-refractivity contribution in [2.45, 2.75) is 24.8 Å². The SMILES string of the molecule is NC1(c2nc(-c3ccccc3)no2)CCC1. The van der Waals surface area contributed by atoms with Crippen LogP contribution in [0.4, 0.5) is 0 Å². The summed E-state index contributed by atoms with van der Waals surface area (Å²) in [5.41, 5.74) is 6.70. The summed E-state index contributed by atoms with van der Waals surface area (Å²) in [6.45, 7) is 0. The Labute approximate surface area is 93.5 Å². The van der Waals surface area contributed by atoms with Crippen molar-refractivity contribution in [1.82, 2.24) is 10.1 Å². The highest BCUT2D eigenvalue weighted by Gasteiger charge is 2.39. The molecule has 1 saturated carbocycles. The third kappa shape index (κ3) is 1.42. The van der Waals surface area contributed by atoms with Crippen molar-refractivity contribution in [3.8, 4) is 11.4 Å². The molecular formula is C12H13N3O. The molecule has 0 bridgehead atoms. The summed E-state index contributed by atoms with van der Waals surface area (Å²) in [7, 11) is 0. The van der Waals surface area contributed by atoms with Crippen LogP contribution in [0.3, 0.4) is 0 Å². The largest absolute Gasteiger partial charge is 0.337 e. The Kier molecular flexibility index (Phi) is 2.04. The van der Waals surface area contributed by atoms with Gasteiger partial charge in [0.05, 0.1) is 5.54 Å². The van der Waals surface area contributed by atoms with E-state index < -0.39 is 0 Å². The lowest BCUT2D eigenvalue weighted by Gasteiger charge is -2.33. The summed E-state index contributed by atoms with van der Waals surface area (Å²) in [6, 6.07) is 9.78. The predicted molar refractivity (Wildman–Crippen MR) is 59.5 cm³/mol. The summed E-state index contributed by atoms with van der Waals surface area (Å²) in [5, 5.41) is 3.97. The summed E-state index contributed by atoms with van der Waals surface area (Å²) in [6.07, 6.45) is 3.01. The predicted octanol–water partition coefficient (Wildman–Crippen LogP) is 2.07. The van der Waals surface area contributed by atoms with E-state index in [2.05, 4.69) is 10.1 Å². The summed E-state index contributed by atoms with van der Waals surface area (Å²) >= 11 is 0. The molecule has 4 heteroatoms. The Hall–Kier alpha value is -1.68. The molecule has 0 atom stereocenters. The maximum Gasteiger partial charge on any atom is 0.247 e. The molecule has 4 nitrogen and oxygen atoms in total. The highest BCUT2D eigenvalue weighted by Crippen LogP contribution is 2.38. The van der Waals surface area contributed by atoms with Crippen molar-refractivity contribution in [2.75, 3.05) is 0 Å². The molecule has 0 radical (unpaired) electrons. The van der Waals surface area contributed by atoms with Gasteiger partial charge in [-0.15, -0.1) is 0 Å². The van der Waals surface area contributed by atoms with Crippen LogP contribution in [0.2, 0.25) is 0 Å². The number of hydrogen-bond acceptors (Lipinski definition) is 4. The zero-order chi connectivity index (χ0) is 11.0. The third-order valence-electron chi connectivity index (χ3n) is 3.13. The van der Waals surface area contributed by atoms with E-state index >= 15 is 0 Å². The molecule has 0 amide bonds. The second kappa shape index (κ2) is 3.42. The minimum Gasteiger partial charge on any atom is -0.337 e. The Morgan fingerprint density at radius 3 is 2.56 bits per heavy atom. The Morgan fingerprint density at radius 2 is 1.94 bits per heavy atom. The van der Waals surface area contributed by atoms with Crippen LogP contribution in [0.25, 0.3) is 11.4 Å². The smallest absolute Gasteiger partial charge is 0.247 e. The van der Waals surface area contributed by atoms with E-state index in [-0.39, 0.29) is 5.54 Å². The fourth-order valence-corrected chi connectivity index (χ4v) is 1.90. The molecule has 2 N–H and O–H groups in total. The third-order valence-corrected chi connectivity index (χ3v) is 3.13. The molecule has 1 aliphatic carbocycles. The van der Waals surface area contributed by atoms with Gasteiger partial charge >= 0.3 is 0 Å². The van der Waals surface area contributed by atoms with Gasteiger partial charge < -0.3 is 10.3 Å². The maximum atomic E-state index is 6.12. The van der Waals surface area contributed by atoms with Gasteiger partial charge in [0.15, 0.2) is 0 Å². The average Bonchev–Trinajstić information content (AvgIpc) is 2.77. The van der Waals surface area contributed by atoms with E-state index in [0.29, 0.717) is 11.7 Å². The first-order chi connectivity index (χ1) is 7.78. The number of nitrogens with zero attached hydrogens (tertiary/aromatic N) is 2. The van der Waals surface area contributed by atoms with Crippen LogP contribution < -0.4 is 5.73 Å². The minimum absolute atomic E-state index is 0.375. The molecule has 1 fully saturated rings. The molecule has 0 saturated heterocycles. The fraction of sp³-hybridized carbons (Fsp3) is 0.333. The topological polar surface area (TPSA) is 64.9 Å². The van der Waals surface area contributed by atoms with Crippen molar-refractivity contribution >= 4 is 0 Å². The van der Waals surface area contributed by atoms with Crippen LogP contribution in [0.1, 0.15) is 25.2 Å². The van der Waals surface area contributed by atoms with Crippen LogP contribution in [-0.2, 0) is 5.54 Å². The molecule has 2 aromatic rings. The first kappa shape index (κ1) is 9.54.